The van der Waals surface area contributed by atoms with Crippen LogP contribution in [0.2, 0.25) is 0 Å². The fraction of sp³-hybridized carbons (Fsp3) is 0.261. The number of ether oxygens (including phenoxy) is 1. The van der Waals surface area contributed by atoms with Crippen LogP contribution in [0.1, 0.15) is 36.3 Å². The average molecular weight is 343 g/mol. The van der Waals surface area contributed by atoms with E-state index in [-0.39, 0.29) is 18.1 Å². The van der Waals surface area contributed by atoms with Crippen LogP contribution in [0.15, 0.2) is 66.7 Å². The molecule has 0 N–H and O–H groups in total. The summed E-state index contributed by atoms with van der Waals surface area (Å²) in [6.45, 7) is 0.800. The molecule has 2 aliphatic rings. The smallest absolute Gasteiger partial charge is 0.225 e. The van der Waals surface area contributed by atoms with Gasteiger partial charge in [-0.05, 0) is 28.8 Å². The highest BCUT2D eigenvalue weighted by Crippen LogP contribution is 2.45. The monoisotopic (exact) mass is 343 g/mol. The number of hydrogen-bond acceptors (Lipinski definition) is 2. The molecule has 1 amide bonds. The molecule has 3 heteroatoms. The van der Waals surface area contributed by atoms with Gasteiger partial charge in [-0.1, -0.05) is 60.7 Å². The van der Waals surface area contributed by atoms with Crippen molar-refractivity contribution in [1.29, 1.82) is 0 Å². The largest absolute Gasteiger partial charge is 0.470 e. The molecule has 1 fully saturated rings. The van der Waals surface area contributed by atoms with Crippen LogP contribution in [0.3, 0.4) is 0 Å². The SMILES string of the molecule is O=C1CCCN1C1CC(c2ccccc2)c2c(ccc3ccccc23)O1. The van der Waals surface area contributed by atoms with Gasteiger partial charge in [0.15, 0.2) is 6.23 Å². The molecular weight excluding hydrogens is 322 g/mol. The van der Waals surface area contributed by atoms with E-state index in [1.165, 1.54) is 21.9 Å². The molecule has 3 aromatic rings. The fourth-order valence-corrected chi connectivity index (χ4v) is 4.40. The van der Waals surface area contributed by atoms with Crippen LogP contribution < -0.4 is 4.74 Å². The summed E-state index contributed by atoms with van der Waals surface area (Å²) in [5.74, 6) is 1.35. The van der Waals surface area contributed by atoms with Gasteiger partial charge in [0.05, 0.1) is 0 Å². The molecule has 3 nitrogen and oxygen atoms in total. The van der Waals surface area contributed by atoms with E-state index < -0.39 is 0 Å². The summed E-state index contributed by atoms with van der Waals surface area (Å²) in [5, 5.41) is 2.47. The Bertz CT molecular complexity index is 966. The molecule has 0 spiro atoms. The summed E-state index contributed by atoms with van der Waals surface area (Å²) in [5.41, 5.74) is 2.53. The lowest BCUT2D eigenvalue weighted by Gasteiger charge is -2.37. The van der Waals surface area contributed by atoms with Gasteiger partial charge in [0.25, 0.3) is 0 Å². The minimum atomic E-state index is -0.177. The molecule has 0 aromatic heterocycles. The molecule has 2 unspecified atom stereocenters. The van der Waals surface area contributed by atoms with Crippen molar-refractivity contribution in [3.05, 3.63) is 77.9 Å². The zero-order chi connectivity index (χ0) is 17.5. The molecule has 26 heavy (non-hydrogen) atoms. The third-order valence-corrected chi connectivity index (χ3v) is 5.64. The van der Waals surface area contributed by atoms with Crippen molar-refractivity contribution in [2.24, 2.45) is 0 Å². The molecule has 0 bridgehead atoms. The van der Waals surface area contributed by atoms with Crippen LogP contribution in [0, 0.1) is 0 Å². The first-order valence-corrected chi connectivity index (χ1v) is 9.34. The third kappa shape index (κ3) is 2.47. The Hall–Kier alpha value is -2.81. The fourth-order valence-electron chi connectivity index (χ4n) is 4.40. The number of likely N-dealkylation sites (tertiary alicyclic amines) is 1. The highest BCUT2D eigenvalue weighted by atomic mass is 16.5. The predicted octanol–water partition coefficient (Wildman–Crippen LogP) is 4.70. The minimum Gasteiger partial charge on any atom is -0.470 e. The van der Waals surface area contributed by atoms with Crippen molar-refractivity contribution in [2.75, 3.05) is 6.54 Å². The topological polar surface area (TPSA) is 29.5 Å². The number of carbonyl (C=O) groups excluding carboxylic acids is 1. The van der Waals surface area contributed by atoms with Gasteiger partial charge in [0.2, 0.25) is 5.91 Å². The van der Waals surface area contributed by atoms with Gasteiger partial charge < -0.3 is 9.64 Å². The minimum absolute atomic E-state index is 0.177. The van der Waals surface area contributed by atoms with Crippen LogP contribution in [-0.2, 0) is 4.79 Å². The van der Waals surface area contributed by atoms with Crippen molar-refractivity contribution in [3.8, 4) is 5.75 Å². The second-order valence-electron chi connectivity index (χ2n) is 7.16. The maximum Gasteiger partial charge on any atom is 0.225 e. The highest BCUT2D eigenvalue weighted by molar-refractivity contribution is 5.89. The summed E-state index contributed by atoms with van der Waals surface area (Å²) < 4.78 is 6.35. The average Bonchev–Trinajstić information content (AvgIpc) is 3.13. The number of benzene rings is 3. The molecule has 3 aromatic carbocycles. The molecule has 2 aliphatic heterocycles. The summed E-state index contributed by atoms with van der Waals surface area (Å²) in [6, 6.07) is 23.3. The molecular formula is C23H21NO2. The quantitative estimate of drug-likeness (QED) is 0.675. The molecule has 2 heterocycles. The van der Waals surface area contributed by atoms with Crippen molar-refractivity contribution in [1.82, 2.24) is 4.90 Å². The lowest BCUT2D eigenvalue weighted by Crippen LogP contribution is -2.43. The van der Waals surface area contributed by atoms with Crippen LogP contribution in [-0.4, -0.2) is 23.6 Å². The third-order valence-electron chi connectivity index (χ3n) is 5.64. The molecule has 2 atom stereocenters. The maximum absolute atomic E-state index is 12.3. The van der Waals surface area contributed by atoms with Crippen LogP contribution in [0.5, 0.6) is 5.75 Å². The lowest BCUT2D eigenvalue weighted by atomic mass is 9.82. The Morgan fingerprint density at radius 1 is 0.923 bits per heavy atom. The number of amides is 1. The van der Waals surface area contributed by atoms with Crippen LogP contribution in [0.4, 0.5) is 0 Å². The van der Waals surface area contributed by atoms with E-state index >= 15 is 0 Å². The molecule has 5 rings (SSSR count). The van der Waals surface area contributed by atoms with E-state index in [1.54, 1.807) is 0 Å². The van der Waals surface area contributed by atoms with Gasteiger partial charge >= 0.3 is 0 Å². The Labute approximate surface area is 153 Å². The Morgan fingerprint density at radius 3 is 2.54 bits per heavy atom. The Morgan fingerprint density at radius 2 is 1.73 bits per heavy atom. The normalized spacial score (nSPS) is 22.3. The summed E-state index contributed by atoms with van der Waals surface area (Å²) in [6.07, 6.45) is 2.19. The van der Waals surface area contributed by atoms with Crippen LogP contribution >= 0.6 is 0 Å². The first-order valence-electron chi connectivity index (χ1n) is 9.34. The second-order valence-corrected chi connectivity index (χ2v) is 7.16. The molecule has 0 radical (unpaired) electrons. The van der Waals surface area contributed by atoms with Gasteiger partial charge in [0.1, 0.15) is 5.75 Å². The van der Waals surface area contributed by atoms with Gasteiger partial charge in [-0.3, -0.25) is 4.79 Å². The van der Waals surface area contributed by atoms with E-state index in [0.717, 1.165) is 25.1 Å². The first kappa shape index (κ1) is 15.4. The van der Waals surface area contributed by atoms with E-state index in [2.05, 4.69) is 60.7 Å². The molecule has 1 saturated heterocycles. The summed E-state index contributed by atoms with van der Waals surface area (Å²) in [4.78, 5) is 14.2. The molecule has 0 aliphatic carbocycles. The number of carbonyl (C=O) groups is 1. The standard InChI is InChI=1S/C23H21NO2/c25-21-11-6-14-24(21)22-15-19(16-7-2-1-3-8-16)23-18-10-5-4-9-17(18)12-13-20(23)26-22/h1-5,7-10,12-13,19,22H,6,11,14-15H2. The van der Waals surface area contributed by atoms with E-state index in [0.29, 0.717) is 6.42 Å². The Kier molecular flexibility index (Phi) is 3.66. The summed E-state index contributed by atoms with van der Waals surface area (Å²) in [7, 11) is 0. The van der Waals surface area contributed by atoms with E-state index in [4.69, 9.17) is 4.74 Å². The maximum atomic E-state index is 12.3. The molecule has 0 saturated carbocycles. The van der Waals surface area contributed by atoms with Gasteiger partial charge in [-0.25, -0.2) is 0 Å². The zero-order valence-electron chi connectivity index (χ0n) is 14.6. The van der Waals surface area contributed by atoms with Crippen molar-refractivity contribution < 1.29 is 9.53 Å². The Balaban J connectivity index is 1.66. The van der Waals surface area contributed by atoms with Gasteiger partial charge in [0, 0.05) is 30.9 Å². The summed E-state index contributed by atoms with van der Waals surface area (Å²) >= 11 is 0. The number of nitrogens with zero attached hydrogens (tertiary/aromatic N) is 1. The second kappa shape index (κ2) is 6.17. The van der Waals surface area contributed by atoms with Crippen molar-refractivity contribution in [2.45, 2.75) is 31.4 Å². The molecule has 130 valence electrons. The number of hydrogen-bond donors (Lipinski definition) is 0. The highest BCUT2D eigenvalue weighted by Gasteiger charge is 2.37. The van der Waals surface area contributed by atoms with Crippen LogP contribution in [0.25, 0.3) is 10.8 Å². The first-order chi connectivity index (χ1) is 12.8. The predicted molar refractivity (Wildman–Crippen MR) is 102 cm³/mol. The van der Waals surface area contributed by atoms with Gasteiger partial charge in [-0.15, -0.1) is 0 Å². The number of rotatable bonds is 2. The van der Waals surface area contributed by atoms with Gasteiger partial charge in [-0.2, -0.15) is 0 Å². The number of fused-ring (bicyclic) bond motifs is 3. The van der Waals surface area contributed by atoms with E-state index in [1.807, 2.05) is 11.0 Å². The van der Waals surface area contributed by atoms with E-state index in [9.17, 15) is 4.79 Å². The zero-order valence-corrected chi connectivity index (χ0v) is 14.6. The lowest BCUT2D eigenvalue weighted by molar-refractivity contribution is -0.135. The van der Waals surface area contributed by atoms with Crippen molar-refractivity contribution in [3.63, 3.8) is 0 Å². The van der Waals surface area contributed by atoms with Crippen molar-refractivity contribution >= 4 is 16.7 Å².